The van der Waals surface area contributed by atoms with Gasteiger partial charge in [-0.3, -0.25) is 4.90 Å². The van der Waals surface area contributed by atoms with Crippen molar-refractivity contribution in [2.45, 2.75) is 56.3 Å². The number of carbonyl (C=O) groups is 2. The number of thiophene rings is 1. The molecule has 1 spiro atoms. The summed E-state index contributed by atoms with van der Waals surface area (Å²) >= 11 is 7.19. The molecule has 3 aromatic rings. The number of aromatic nitrogens is 3. The van der Waals surface area contributed by atoms with Gasteiger partial charge in [-0.2, -0.15) is 13.9 Å². The number of carboxylic acids is 2. The van der Waals surface area contributed by atoms with Crippen LogP contribution in [0.25, 0.3) is 5.82 Å². The Morgan fingerprint density at radius 2 is 1.95 bits per heavy atom. The minimum atomic E-state index is -3.18. The molecular formula is C28H32ClF2N5O7S. The summed E-state index contributed by atoms with van der Waals surface area (Å²) in [5.41, 5.74) is 0.548. The molecule has 3 N–H and O–H groups in total. The van der Waals surface area contributed by atoms with Crippen LogP contribution in [0.5, 0.6) is 0 Å². The average Bonchev–Trinajstić information content (AvgIpc) is 3.55. The molecule has 238 valence electrons. The van der Waals surface area contributed by atoms with Crippen LogP contribution in [-0.4, -0.2) is 97.8 Å². The van der Waals surface area contributed by atoms with Crippen LogP contribution < -0.4 is 0 Å². The van der Waals surface area contributed by atoms with Crippen LogP contribution in [0.4, 0.5) is 8.78 Å². The first-order valence-electron chi connectivity index (χ1n) is 13.7. The van der Waals surface area contributed by atoms with Crippen molar-refractivity contribution in [1.82, 2.24) is 24.6 Å². The van der Waals surface area contributed by atoms with Gasteiger partial charge in [0.2, 0.25) is 0 Å². The normalized spacial score (nSPS) is 19.9. The highest BCUT2D eigenvalue weighted by Gasteiger charge is 2.52. The standard InChI is InChI=1S/C28H32ClF2N5O7S/c1-15-17(13-36(33-15)23-16(12-34(2)3)5-4-8-32-23)24(43-21(26(40)41)20(37)25(38)39)35-9-6-27(7-10-35)22-18(11-19(29)44-22)28(30,31)14-42-27/h4-5,8,11,13,20-21,24,37H,6-7,9-10,12,14H2,1-3H3,(H,38,39)(H,40,41)/t20-,21-,24?/m1/s1. The van der Waals surface area contributed by atoms with Crippen LogP contribution in [0.3, 0.4) is 0 Å². The number of fused-ring (bicyclic) bond motifs is 2. The number of carboxylic acid groups (broad SMARTS) is 2. The third-order valence-corrected chi connectivity index (χ3v) is 9.26. The Bertz CT molecular complexity index is 1540. The number of aliphatic carboxylic acids is 2. The Balaban J connectivity index is 1.50. The van der Waals surface area contributed by atoms with E-state index in [0.717, 1.165) is 16.9 Å². The monoisotopic (exact) mass is 655 g/mol. The first kappa shape index (κ1) is 32.3. The molecule has 12 nitrogen and oxygen atoms in total. The molecule has 3 atom stereocenters. The van der Waals surface area contributed by atoms with Crippen molar-refractivity contribution < 1.29 is 43.2 Å². The maximum absolute atomic E-state index is 14.7. The number of aliphatic hydroxyl groups excluding tert-OH is 1. The summed E-state index contributed by atoms with van der Waals surface area (Å²) in [6, 6.07) is 4.98. The van der Waals surface area contributed by atoms with Crippen molar-refractivity contribution in [3.05, 3.63) is 62.2 Å². The van der Waals surface area contributed by atoms with Crippen LogP contribution in [-0.2, 0) is 37.1 Å². The Morgan fingerprint density at radius 1 is 1.25 bits per heavy atom. The quantitative estimate of drug-likeness (QED) is 0.295. The zero-order valence-corrected chi connectivity index (χ0v) is 25.7. The van der Waals surface area contributed by atoms with Crippen molar-refractivity contribution in [2.75, 3.05) is 33.8 Å². The minimum Gasteiger partial charge on any atom is -0.479 e. The summed E-state index contributed by atoms with van der Waals surface area (Å²) in [4.78, 5) is 32.2. The number of ether oxygens (including phenoxy) is 2. The summed E-state index contributed by atoms with van der Waals surface area (Å²) in [6.45, 7) is 1.84. The largest absolute Gasteiger partial charge is 0.479 e. The zero-order valence-electron chi connectivity index (χ0n) is 24.1. The highest BCUT2D eigenvalue weighted by atomic mass is 35.5. The highest BCUT2D eigenvalue weighted by molar-refractivity contribution is 7.16. The van der Waals surface area contributed by atoms with Gasteiger partial charge in [0.1, 0.15) is 18.4 Å². The van der Waals surface area contributed by atoms with E-state index in [0.29, 0.717) is 28.5 Å². The van der Waals surface area contributed by atoms with E-state index >= 15 is 0 Å². The van der Waals surface area contributed by atoms with E-state index in [2.05, 4.69) is 10.1 Å². The lowest BCUT2D eigenvalue weighted by molar-refractivity contribution is -0.206. The maximum Gasteiger partial charge on any atom is 0.336 e. The fourth-order valence-corrected chi connectivity index (χ4v) is 7.13. The number of rotatable bonds is 10. The SMILES string of the molecule is Cc1nn(-c2ncccc2CN(C)C)cc1C(O[C@@H](C(=O)O)[C@@H](O)C(=O)O)N1CCC2(CC1)OCC(F)(F)c1cc(Cl)sc12. The van der Waals surface area contributed by atoms with Gasteiger partial charge < -0.3 is 29.7 Å². The number of aliphatic hydroxyl groups is 1. The second-order valence-electron chi connectivity index (χ2n) is 11.2. The second kappa shape index (κ2) is 12.4. The molecule has 0 bridgehead atoms. The topological polar surface area (TPSA) is 150 Å². The molecular weight excluding hydrogens is 624 g/mol. The maximum atomic E-state index is 14.7. The van der Waals surface area contributed by atoms with E-state index in [1.807, 2.05) is 25.1 Å². The zero-order chi connectivity index (χ0) is 32.0. The molecule has 1 unspecified atom stereocenters. The van der Waals surface area contributed by atoms with Crippen molar-refractivity contribution in [3.63, 3.8) is 0 Å². The van der Waals surface area contributed by atoms with Crippen molar-refractivity contribution >= 4 is 34.9 Å². The Hall–Kier alpha value is -3.05. The Morgan fingerprint density at radius 3 is 2.59 bits per heavy atom. The van der Waals surface area contributed by atoms with Gasteiger partial charge in [0.05, 0.1) is 10.0 Å². The van der Waals surface area contributed by atoms with E-state index in [-0.39, 0.29) is 35.8 Å². The van der Waals surface area contributed by atoms with Crippen molar-refractivity contribution in [3.8, 4) is 5.82 Å². The summed E-state index contributed by atoms with van der Waals surface area (Å²) in [5, 5.41) is 34.0. The fraction of sp³-hybridized carbons (Fsp3) is 0.500. The summed E-state index contributed by atoms with van der Waals surface area (Å²) in [6.07, 6.45) is -1.92. The van der Waals surface area contributed by atoms with Gasteiger partial charge in [-0.1, -0.05) is 17.7 Å². The first-order chi connectivity index (χ1) is 20.7. The van der Waals surface area contributed by atoms with Gasteiger partial charge in [0.25, 0.3) is 5.92 Å². The fourth-order valence-electron chi connectivity index (χ4n) is 5.65. The lowest BCUT2D eigenvalue weighted by atomic mass is 9.84. The molecule has 0 saturated carbocycles. The lowest BCUT2D eigenvalue weighted by Gasteiger charge is -2.47. The number of nitrogens with zero attached hydrogens (tertiary/aromatic N) is 5. The number of aryl methyl sites for hydroxylation is 1. The molecule has 2 aliphatic rings. The number of hydrogen-bond acceptors (Lipinski definition) is 10. The predicted molar refractivity (Wildman–Crippen MR) is 154 cm³/mol. The molecule has 0 aromatic carbocycles. The Kier molecular flexibility index (Phi) is 9.11. The molecule has 2 aliphatic heterocycles. The average molecular weight is 656 g/mol. The number of likely N-dealkylation sites (tertiary alicyclic amines) is 1. The van der Waals surface area contributed by atoms with Gasteiger partial charge in [0.15, 0.2) is 18.0 Å². The van der Waals surface area contributed by atoms with E-state index < -0.39 is 48.5 Å². The molecule has 1 fully saturated rings. The van der Waals surface area contributed by atoms with E-state index in [1.54, 1.807) is 35.0 Å². The smallest absolute Gasteiger partial charge is 0.336 e. The number of halogens is 3. The Labute approximate surface area is 260 Å². The number of piperidine rings is 1. The molecule has 44 heavy (non-hydrogen) atoms. The first-order valence-corrected chi connectivity index (χ1v) is 14.9. The summed E-state index contributed by atoms with van der Waals surface area (Å²) < 4.78 is 42.8. The molecule has 3 aromatic heterocycles. The number of hydrogen-bond donors (Lipinski definition) is 3. The minimum absolute atomic E-state index is 0.156. The summed E-state index contributed by atoms with van der Waals surface area (Å²) in [7, 11) is 3.82. The van der Waals surface area contributed by atoms with Crippen LogP contribution in [0.15, 0.2) is 30.6 Å². The molecule has 1 saturated heterocycles. The van der Waals surface area contributed by atoms with Gasteiger partial charge >= 0.3 is 11.9 Å². The lowest BCUT2D eigenvalue weighted by Crippen LogP contribution is -2.51. The van der Waals surface area contributed by atoms with Crippen LogP contribution in [0.2, 0.25) is 4.34 Å². The van der Waals surface area contributed by atoms with Crippen molar-refractivity contribution in [1.29, 1.82) is 0 Å². The van der Waals surface area contributed by atoms with Gasteiger partial charge in [-0.25, -0.2) is 19.3 Å². The van der Waals surface area contributed by atoms with Crippen LogP contribution >= 0.6 is 22.9 Å². The summed E-state index contributed by atoms with van der Waals surface area (Å²) in [5.74, 6) is -6.08. The van der Waals surface area contributed by atoms with Crippen molar-refractivity contribution in [2.24, 2.45) is 0 Å². The highest BCUT2D eigenvalue weighted by Crippen LogP contribution is 2.53. The number of pyridine rings is 1. The molecule has 16 heteroatoms. The van der Waals surface area contributed by atoms with Crippen LogP contribution in [0.1, 0.15) is 46.3 Å². The number of alkyl halides is 2. The van der Waals surface area contributed by atoms with Gasteiger partial charge in [-0.15, -0.1) is 11.3 Å². The third kappa shape index (κ3) is 6.22. The van der Waals surface area contributed by atoms with Gasteiger partial charge in [-0.05, 0) is 46.0 Å². The predicted octanol–water partition coefficient (Wildman–Crippen LogP) is 3.38. The van der Waals surface area contributed by atoms with Gasteiger partial charge in [0, 0.05) is 53.6 Å². The molecule has 0 aliphatic carbocycles. The van der Waals surface area contributed by atoms with Crippen LogP contribution in [0, 0.1) is 6.92 Å². The second-order valence-corrected chi connectivity index (χ2v) is 12.9. The third-order valence-electron chi connectivity index (χ3n) is 7.81. The van der Waals surface area contributed by atoms with E-state index in [4.69, 9.17) is 21.1 Å². The van der Waals surface area contributed by atoms with E-state index in [1.165, 1.54) is 6.07 Å². The molecule has 5 heterocycles. The molecule has 0 radical (unpaired) electrons. The molecule has 0 amide bonds. The molecule has 5 rings (SSSR count). The van der Waals surface area contributed by atoms with E-state index in [9.17, 15) is 33.7 Å².